The molecule has 0 N–H and O–H groups in total. The third-order valence-electron chi connectivity index (χ3n) is 5.14. The van der Waals surface area contributed by atoms with Crippen molar-refractivity contribution in [1.82, 2.24) is 20.1 Å². The van der Waals surface area contributed by atoms with E-state index in [-0.39, 0.29) is 5.69 Å². The number of halogens is 3. The molecule has 5 nitrogen and oxygen atoms in total. The summed E-state index contributed by atoms with van der Waals surface area (Å²) in [7, 11) is 0. The number of para-hydroxylation sites is 2. The van der Waals surface area contributed by atoms with Crippen LogP contribution in [0.2, 0.25) is 0 Å². The zero-order chi connectivity index (χ0) is 21.6. The van der Waals surface area contributed by atoms with E-state index < -0.39 is 11.7 Å². The molecule has 0 unspecified atom stereocenters. The van der Waals surface area contributed by atoms with Crippen LogP contribution in [0.15, 0.2) is 73.1 Å². The molecule has 1 radical (unpaired) electrons. The minimum Gasteiger partial charge on any atom is -0.292 e. The molecule has 0 atom stereocenters. The van der Waals surface area contributed by atoms with Crippen LogP contribution in [0.1, 0.15) is 16.8 Å². The van der Waals surface area contributed by atoms with Crippen molar-refractivity contribution in [2.75, 3.05) is 4.90 Å². The van der Waals surface area contributed by atoms with Crippen molar-refractivity contribution in [3.05, 3.63) is 89.9 Å². The first-order valence-corrected chi connectivity index (χ1v) is 9.66. The summed E-state index contributed by atoms with van der Waals surface area (Å²) in [6, 6.07) is 16.7. The van der Waals surface area contributed by atoms with Gasteiger partial charge in [0, 0.05) is 18.0 Å². The van der Waals surface area contributed by atoms with Gasteiger partial charge in [-0.3, -0.25) is 10.2 Å². The molecule has 31 heavy (non-hydrogen) atoms. The molecule has 2 aromatic heterocycles. The number of nitrogens with zero attached hydrogens (tertiary/aromatic N) is 5. The fraction of sp³-hybridized carbons (Fsp3) is 0.130. The molecule has 3 heterocycles. The Hall–Kier alpha value is -3.81. The number of hydrogen-bond donors (Lipinski definition) is 0. The lowest BCUT2D eigenvalue weighted by Crippen LogP contribution is -2.18. The number of aryl methyl sites for hydroxylation is 1. The summed E-state index contributed by atoms with van der Waals surface area (Å²) < 4.78 is 44.2. The summed E-state index contributed by atoms with van der Waals surface area (Å²) in [6.45, 7) is 2.12. The molecule has 1 aliphatic heterocycles. The highest BCUT2D eigenvalue weighted by atomic mass is 19.4. The molecule has 0 saturated heterocycles. The molecule has 0 spiro atoms. The van der Waals surface area contributed by atoms with Crippen molar-refractivity contribution in [3.8, 4) is 5.69 Å². The van der Waals surface area contributed by atoms with Crippen LogP contribution in [-0.4, -0.2) is 14.8 Å². The lowest BCUT2D eigenvalue weighted by atomic mass is 10.1. The predicted octanol–water partition coefficient (Wildman–Crippen LogP) is 5.81. The van der Waals surface area contributed by atoms with Crippen LogP contribution in [0.3, 0.4) is 0 Å². The fourth-order valence-electron chi connectivity index (χ4n) is 3.72. The Labute approximate surface area is 176 Å². The van der Waals surface area contributed by atoms with E-state index in [1.54, 1.807) is 60.6 Å². The van der Waals surface area contributed by atoms with Crippen LogP contribution in [0.5, 0.6) is 0 Å². The smallest absolute Gasteiger partial charge is 0.292 e. The molecule has 0 saturated carbocycles. The van der Waals surface area contributed by atoms with Gasteiger partial charge in [0.05, 0.1) is 40.6 Å². The van der Waals surface area contributed by atoms with E-state index in [4.69, 9.17) is 0 Å². The normalized spacial score (nSPS) is 13.2. The van der Waals surface area contributed by atoms with E-state index in [1.807, 2.05) is 12.1 Å². The highest BCUT2D eigenvalue weighted by Gasteiger charge is 2.37. The second kappa shape index (κ2) is 7.16. The fourth-order valence-corrected chi connectivity index (χ4v) is 3.72. The average molecular weight is 420 g/mol. The third-order valence-corrected chi connectivity index (χ3v) is 5.14. The van der Waals surface area contributed by atoms with E-state index in [0.29, 0.717) is 29.4 Å². The first kappa shape index (κ1) is 19.2. The van der Waals surface area contributed by atoms with E-state index in [0.717, 1.165) is 17.3 Å². The number of benzene rings is 2. The van der Waals surface area contributed by atoms with Gasteiger partial charge in [0.2, 0.25) is 0 Å². The zero-order valence-electron chi connectivity index (χ0n) is 16.5. The molecule has 0 aliphatic carbocycles. The number of alkyl halides is 3. The summed E-state index contributed by atoms with van der Waals surface area (Å²) in [5.41, 5.74) is 2.18. The standard InChI is InChI=1S/C23H17F3N5/c1-15-10-12-30(29-15)17-8-9-20(18(13-17)23(24,25)26)31-21-7-3-2-6-19(21)28-14-16-5-4-11-27-22(16)31/h2-13H,14H2,1H3. The van der Waals surface area contributed by atoms with Crippen LogP contribution in [-0.2, 0) is 12.7 Å². The number of fused-ring (bicyclic) bond motifs is 2. The lowest BCUT2D eigenvalue weighted by molar-refractivity contribution is -0.137. The first-order valence-electron chi connectivity index (χ1n) is 9.66. The van der Waals surface area contributed by atoms with Crippen molar-refractivity contribution in [2.45, 2.75) is 19.6 Å². The number of aromatic nitrogens is 3. The van der Waals surface area contributed by atoms with Crippen molar-refractivity contribution in [1.29, 1.82) is 0 Å². The van der Waals surface area contributed by atoms with E-state index in [2.05, 4.69) is 15.4 Å². The van der Waals surface area contributed by atoms with Gasteiger partial charge in [-0.1, -0.05) is 18.2 Å². The highest BCUT2D eigenvalue weighted by Crippen LogP contribution is 2.47. The van der Waals surface area contributed by atoms with Crippen molar-refractivity contribution in [2.24, 2.45) is 0 Å². The second-order valence-corrected chi connectivity index (χ2v) is 7.23. The van der Waals surface area contributed by atoms with Crippen molar-refractivity contribution in [3.63, 3.8) is 0 Å². The Bertz CT molecular complexity index is 1210. The van der Waals surface area contributed by atoms with Gasteiger partial charge >= 0.3 is 6.18 Å². The Balaban J connectivity index is 1.76. The summed E-state index contributed by atoms with van der Waals surface area (Å²) in [5.74, 6) is 0.435. The summed E-state index contributed by atoms with van der Waals surface area (Å²) in [5, 5.41) is 8.83. The van der Waals surface area contributed by atoms with Crippen LogP contribution in [0.25, 0.3) is 5.69 Å². The molecule has 0 fully saturated rings. The van der Waals surface area contributed by atoms with Crippen LogP contribution >= 0.6 is 0 Å². The van der Waals surface area contributed by atoms with E-state index in [1.165, 1.54) is 10.7 Å². The lowest BCUT2D eigenvalue weighted by Gasteiger charge is -2.28. The van der Waals surface area contributed by atoms with Crippen LogP contribution < -0.4 is 10.2 Å². The maximum atomic E-state index is 14.3. The highest BCUT2D eigenvalue weighted by molar-refractivity contribution is 5.85. The molecule has 1 aliphatic rings. The molecule has 0 amide bonds. The van der Waals surface area contributed by atoms with Crippen molar-refractivity contribution >= 4 is 22.9 Å². The molecule has 5 rings (SSSR count). The Kier molecular flexibility index (Phi) is 4.43. The maximum absolute atomic E-state index is 14.3. The summed E-state index contributed by atoms with van der Waals surface area (Å²) in [4.78, 5) is 5.97. The van der Waals surface area contributed by atoms with Gasteiger partial charge in [-0.15, -0.1) is 0 Å². The van der Waals surface area contributed by atoms with Gasteiger partial charge in [-0.05, 0) is 49.4 Å². The van der Waals surface area contributed by atoms with Gasteiger partial charge in [0.1, 0.15) is 5.82 Å². The summed E-state index contributed by atoms with van der Waals surface area (Å²) >= 11 is 0. The van der Waals surface area contributed by atoms with Gasteiger partial charge in [-0.2, -0.15) is 18.3 Å². The SMILES string of the molecule is Cc1ccn(-c2ccc(N3c4ccccc4[N]Cc4cccnc43)c(C(F)(F)F)c2)n1. The predicted molar refractivity (Wildman–Crippen MR) is 111 cm³/mol. The van der Waals surface area contributed by atoms with E-state index >= 15 is 0 Å². The minimum absolute atomic E-state index is 0.00960. The Morgan fingerprint density at radius 2 is 1.77 bits per heavy atom. The number of pyridine rings is 1. The Morgan fingerprint density at radius 1 is 0.935 bits per heavy atom. The van der Waals surface area contributed by atoms with Gasteiger partial charge in [0.25, 0.3) is 0 Å². The molecule has 4 aromatic rings. The van der Waals surface area contributed by atoms with Crippen LogP contribution in [0.4, 0.5) is 36.1 Å². The average Bonchev–Trinajstić information content (AvgIpc) is 3.12. The molecule has 8 heteroatoms. The third kappa shape index (κ3) is 3.39. The number of anilines is 3. The topological polar surface area (TPSA) is 48.1 Å². The monoisotopic (exact) mass is 420 g/mol. The first-order chi connectivity index (χ1) is 14.9. The van der Waals surface area contributed by atoms with Crippen molar-refractivity contribution < 1.29 is 13.2 Å². The number of rotatable bonds is 2. The van der Waals surface area contributed by atoms with E-state index in [9.17, 15) is 13.2 Å². The minimum atomic E-state index is -4.58. The summed E-state index contributed by atoms with van der Waals surface area (Å²) in [6.07, 6.45) is -1.36. The van der Waals surface area contributed by atoms with Gasteiger partial charge < -0.3 is 0 Å². The zero-order valence-corrected chi connectivity index (χ0v) is 16.5. The number of hydrogen-bond acceptors (Lipinski definition) is 3. The van der Waals surface area contributed by atoms with Crippen LogP contribution in [0, 0.1) is 6.92 Å². The van der Waals surface area contributed by atoms with Gasteiger partial charge in [-0.25, -0.2) is 9.67 Å². The molecular weight excluding hydrogens is 403 g/mol. The largest absolute Gasteiger partial charge is 0.418 e. The second-order valence-electron chi connectivity index (χ2n) is 7.23. The van der Waals surface area contributed by atoms with Gasteiger partial charge in [0.15, 0.2) is 0 Å². The molecular formula is C23H17F3N5. The Morgan fingerprint density at radius 3 is 2.55 bits per heavy atom. The maximum Gasteiger partial charge on any atom is 0.418 e. The quantitative estimate of drug-likeness (QED) is 0.411. The molecule has 155 valence electrons. The molecule has 2 aromatic carbocycles. The molecule has 0 bridgehead atoms.